The molecule has 1 fully saturated rings. The molecule has 0 spiro atoms. The van der Waals surface area contributed by atoms with Gasteiger partial charge in [0.05, 0.1) is 18.8 Å². The summed E-state index contributed by atoms with van der Waals surface area (Å²) in [6.45, 7) is 2.66. The van der Waals surface area contributed by atoms with Crippen LogP contribution >= 0.6 is 0 Å². The highest BCUT2D eigenvalue weighted by Gasteiger charge is 2.22. The second-order valence-electron chi connectivity index (χ2n) is 4.41. The molecule has 0 bridgehead atoms. The number of hydrogen-bond acceptors (Lipinski definition) is 4. The SMILES string of the molecule is CCc1cnc(CNC2CCCCC2O)o1. The van der Waals surface area contributed by atoms with E-state index in [0.29, 0.717) is 6.54 Å². The third-order valence-electron chi connectivity index (χ3n) is 3.19. The zero-order chi connectivity index (χ0) is 11.4. The Hall–Kier alpha value is -0.870. The third kappa shape index (κ3) is 2.83. The lowest BCUT2D eigenvalue weighted by molar-refractivity contribution is 0.0890. The summed E-state index contributed by atoms with van der Waals surface area (Å²) in [4.78, 5) is 4.19. The van der Waals surface area contributed by atoms with Crippen molar-refractivity contribution in [2.24, 2.45) is 0 Å². The zero-order valence-electron chi connectivity index (χ0n) is 9.78. The van der Waals surface area contributed by atoms with E-state index in [1.807, 2.05) is 6.92 Å². The third-order valence-corrected chi connectivity index (χ3v) is 3.19. The van der Waals surface area contributed by atoms with Gasteiger partial charge in [-0.2, -0.15) is 0 Å². The fourth-order valence-corrected chi connectivity index (χ4v) is 2.16. The number of nitrogens with one attached hydrogen (secondary N) is 1. The van der Waals surface area contributed by atoms with Crippen LogP contribution in [-0.2, 0) is 13.0 Å². The minimum atomic E-state index is -0.214. The van der Waals surface area contributed by atoms with Gasteiger partial charge in [0.2, 0.25) is 5.89 Å². The van der Waals surface area contributed by atoms with Crippen molar-refractivity contribution in [1.82, 2.24) is 10.3 Å². The molecule has 1 heterocycles. The number of oxazole rings is 1. The van der Waals surface area contributed by atoms with Gasteiger partial charge in [0.15, 0.2) is 0 Å². The summed E-state index contributed by atoms with van der Waals surface area (Å²) in [7, 11) is 0. The lowest BCUT2D eigenvalue weighted by Crippen LogP contribution is -2.41. The monoisotopic (exact) mass is 224 g/mol. The van der Waals surface area contributed by atoms with Gasteiger partial charge in [-0.25, -0.2) is 4.98 Å². The van der Waals surface area contributed by atoms with Gasteiger partial charge in [0.25, 0.3) is 0 Å². The van der Waals surface area contributed by atoms with Crippen molar-refractivity contribution >= 4 is 0 Å². The maximum Gasteiger partial charge on any atom is 0.208 e. The predicted molar refractivity (Wildman–Crippen MR) is 61.0 cm³/mol. The van der Waals surface area contributed by atoms with Crippen molar-refractivity contribution in [2.75, 3.05) is 0 Å². The van der Waals surface area contributed by atoms with Crippen LogP contribution in [0.15, 0.2) is 10.6 Å². The highest BCUT2D eigenvalue weighted by atomic mass is 16.4. The first-order valence-corrected chi connectivity index (χ1v) is 6.14. The van der Waals surface area contributed by atoms with Gasteiger partial charge in [-0.1, -0.05) is 19.8 Å². The van der Waals surface area contributed by atoms with E-state index in [0.717, 1.165) is 37.3 Å². The van der Waals surface area contributed by atoms with Gasteiger partial charge in [0, 0.05) is 12.5 Å². The number of nitrogens with zero attached hydrogens (tertiary/aromatic N) is 1. The molecule has 90 valence electrons. The van der Waals surface area contributed by atoms with E-state index < -0.39 is 0 Å². The Morgan fingerprint density at radius 3 is 3.00 bits per heavy atom. The van der Waals surface area contributed by atoms with Crippen molar-refractivity contribution in [3.8, 4) is 0 Å². The molecule has 4 nitrogen and oxygen atoms in total. The van der Waals surface area contributed by atoms with Crippen molar-refractivity contribution < 1.29 is 9.52 Å². The minimum Gasteiger partial charge on any atom is -0.444 e. The second-order valence-corrected chi connectivity index (χ2v) is 4.41. The standard InChI is InChI=1S/C12H20N2O2/c1-2-9-7-14-12(16-9)8-13-10-5-3-4-6-11(10)15/h7,10-11,13,15H,2-6,8H2,1H3. The average molecular weight is 224 g/mol. The van der Waals surface area contributed by atoms with Crippen LogP contribution in [0.25, 0.3) is 0 Å². The van der Waals surface area contributed by atoms with E-state index in [-0.39, 0.29) is 12.1 Å². The Labute approximate surface area is 96.1 Å². The van der Waals surface area contributed by atoms with Crippen molar-refractivity contribution in [1.29, 1.82) is 0 Å². The van der Waals surface area contributed by atoms with Crippen LogP contribution in [0.1, 0.15) is 44.3 Å². The summed E-state index contributed by atoms with van der Waals surface area (Å²) < 4.78 is 5.50. The van der Waals surface area contributed by atoms with Crippen LogP contribution in [0.4, 0.5) is 0 Å². The molecule has 1 aliphatic rings. The van der Waals surface area contributed by atoms with E-state index in [1.54, 1.807) is 6.20 Å². The van der Waals surface area contributed by atoms with Crippen LogP contribution in [0.2, 0.25) is 0 Å². The first-order valence-electron chi connectivity index (χ1n) is 6.14. The molecule has 2 atom stereocenters. The minimum absolute atomic E-state index is 0.200. The normalized spacial score (nSPS) is 25.9. The Kier molecular flexibility index (Phi) is 3.96. The number of hydrogen-bond donors (Lipinski definition) is 2. The molecule has 2 rings (SSSR count). The number of aryl methyl sites for hydroxylation is 1. The second kappa shape index (κ2) is 5.46. The fourth-order valence-electron chi connectivity index (χ4n) is 2.16. The molecule has 2 unspecified atom stereocenters. The summed E-state index contributed by atoms with van der Waals surface area (Å²) in [5.74, 6) is 1.63. The van der Waals surface area contributed by atoms with Crippen molar-refractivity contribution in [3.05, 3.63) is 17.8 Å². The Balaban J connectivity index is 1.81. The molecule has 1 aromatic rings. The van der Waals surface area contributed by atoms with Crippen LogP contribution in [0.3, 0.4) is 0 Å². The Morgan fingerprint density at radius 2 is 2.31 bits per heavy atom. The van der Waals surface area contributed by atoms with Gasteiger partial charge in [-0.15, -0.1) is 0 Å². The topological polar surface area (TPSA) is 58.3 Å². The first kappa shape index (κ1) is 11.6. The summed E-state index contributed by atoms with van der Waals surface area (Å²) >= 11 is 0. The predicted octanol–water partition coefficient (Wildman–Crippen LogP) is 1.63. The van der Waals surface area contributed by atoms with E-state index >= 15 is 0 Å². The first-order chi connectivity index (χ1) is 7.79. The van der Waals surface area contributed by atoms with Gasteiger partial charge in [0.1, 0.15) is 5.76 Å². The van der Waals surface area contributed by atoms with Crippen LogP contribution < -0.4 is 5.32 Å². The maximum absolute atomic E-state index is 9.78. The zero-order valence-corrected chi connectivity index (χ0v) is 9.78. The molecule has 0 radical (unpaired) electrons. The smallest absolute Gasteiger partial charge is 0.208 e. The molecule has 0 aromatic carbocycles. The van der Waals surface area contributed by atoms with E-state index in [1.165, 1.54) is 6.42 Å². The number of aliphatic hydroxyl groups is 1. The van der Waals surface area contributed by atoms with Gasteiger partial charge < -0.3 is 14.8 Å². The maximum atomic E-state index is 9.78. The van der Waals surface area contributed by atoms with Crippen LogP contribution in [0, 0.1) is 0 Å². The highest BCUT2D eigenvalue weighted by molar-refractivity contribution is 4.94. The molecule has 1 aliphatic carbocycles. The summed E-state index contributed by atoms with van der Waals surface area (Å²) in [5, 5.41) is 13.1. The molecular weight excluding hydrogens is 204 g/mol. The number of aliphatic hydroxyl groups excluding tert-OH is 1. The summed E-state index contributed by atoms with van der Waals surface area (Å²) in [5.41, 5.74) is 0. The molecule has 1 aromatic heterocycles. The quantitative estimate of drug-likeness (QED) is 0.816. The van der Waals surface area contributed by atoms with E-state index in [9.17, 15) is 5.11 Å². The number of aromatic nitrogens is 1. The van der Waals surface area contributed by atoms with E-state index in [2.05, 4.69) is 10.3 Å². The van der Waals surface area contributed by atoms with Crippen LogP contribution in [-0.4, -0.2) is 22.2 Å². The molecular formula is C12H20N2O2. The number of rotatable bonds is 4. The van der Waals surface area contributed by atoms with Crippen molar-refractivity contribution in [2.45, 2.75) is 57.7 Å². The largest absolute Gasteiger partial charge is 0.444 e. The summed E-state index contributed by atoms with van der Waals surface area (Å²) in [6, 6.07) is 0.200. The molecule has 4 heteroatoms. The lowest BCUT2D eigenvalue weighted by atomic mass is 9.93. The molecule has 0 aliphatic heterocycles. The van der Waals surface area contributed by atoms with Gasteiger partial charge in [-0.3, -0.25) is 0 Å². The Bertz CT molecular complexity index is 325. The molecule has 1 saturated carbocycles. The molecule has 2 N–H and O–H groups in total. The summed E-state index contributed by atoms with van der Waals surface area (Å²) in [6.07, 6.45) is 6.72. The molecule has 16 heavy (non-hydrogen) atoms. The van der Waals surface area contributed by atoms with Crippen LogP contribution in [0.5, 0.6) is 0 Å². The lowest BCUT2D eigenvalue weighted by Gasteiger charge is -2.27. The fraction of sp³-hybridized carbons (Fsp3) is 0.750. The highest BCUT2D eigenvalue weighted by Crippen LogP contribution is 2.18. The molecule has 0 saturated heterocycles. The van der Waals surface area contributed by atoms with Crippen molar-refractivity contribution in [3.63, 3.8) is 0 Å². The molecule has 0 amide bonds. The Morgan fingerprint density at radius 1 is 1.50 bits per heavy atom. The van der Waals surface area contributed by atoms with E-state index in [4.69, 9.17) is 4.42 Å². The average Bonchev–Trinajstić information content (AvgIpc) is 2.76. The van der Waals surface area contributed by atoms with Gasteiger partial charge >= 0.3 is 0 Å². The van der Waals surface area contributed by atoms with Gasteiger partial charge in [-0.05, 0) is 12.8 Å².